The maximum atomic E-state index is 6.15. The van der Waals surface area contributed by atoms with Crippen LogP contribution in [0.15, 0.2) is 6.07 Å². The van der Waals surface area contributed by atoms with Gasteiger partial charge in [0, 0.05) is 25.1 Å². The molecule has 0 saturated heterocycles. The van der Waals surface area contributed by atoms with Crippen molar-refractivity contribution in [3.8, 4) is 0 Å². The predicted octanol–water partition coefficient (Wildman–Crippen LogP) is 4.27. The molecule has 1 aliphatic rings. The summed E-state index contributed by atoms with van der Waals surface area (Å²) in [4.78, 5) is 11.4. The molecule has 1 saturated carbocycles. The molecular formula is C15H24ClN3. The van der Waals surface area contributed by atoms with E-state index in [0.717, 1.165) is 30.6 Å². The Morgan fingerprint density at radius 1 is 1.26 bits per heavy atom. The quantitative estimate of drug-likeness (QED) is 0.699. The second-order valence-corrected chi connectivity index (χ2v) is 5.79. The van der Waals surface area contributed by atoms with Crippen molar-refractivity contribution in [1.82, 2.24) is 9.97 Å². The van der Waals surface area contributed by atoms with E-state index in [4.69, 9.17) is 16.6 Å². The van der Waals surface area contributed by atoms with E-state index in [0.29, 0.717) is 11.1 Å². The van der Waals surface area contributed by atoms with Crippen molar-refractivity contribution in [3.63, 3.8) is 0 Å². The molecule has 0 N–H and O–H groups in total. The number of aromatic nitrogens is 2. The summed E-state index contributed by atoms with van der Waals surface area (Å²) in [5.41, 5.74) is 0. The van der Waals surface area contributed by atoms with Crippen LogP contribution in [0.4, 0.5) is 5.82 Å². The van der Waals surface area contributed by atoms with Gasteiger partial charge in [0.15, 0.2) is 0 Å². The zero-order valence-electron chi connectivity index (χ0n) is 12.2. The maximum Gasteiger partial charge on any atom is 0.135 e. The Labute approximate surface area is 121 Å². The van der Waals surface area contributed by atoms with Crippen LogP contribution < -0.4 is 4.90 Å². The first-order valence-electron chi connectivity index (χ1n) is 7.47. The summed E-state index contributed by atoms with van der Waals surface area (Å²) >= 11 is 6.15. The molecule has 0 aliphatic heterocycles. The van der Waals surface area contributed by atoms with Gasteiger partial charge >= 0.3 is 0 Å². The third-order valence-corrected chi connectivity index (χ3v) is 4.17. The Morgan fingerprint density at radius 3 is 2.47 bits per heavy atom. The molecule has 3 nitrogen and oxygen atoms in total. The maximum absolute atomic E-state index is 6.15. The molecule has 19 heavy (non-hydrogen) atoms. The Balaban J connectivity index is 2.17. The van der Waals surface area contributed by atoms with Crippen molar-refractivity contribution in [3.05, 3.63) is 17.0 Å². The highest BCUT2D eigenvalue weighted by Crippen LogP contribution is 2.39. The molecule has 1 aromatic heterocycles. The lowest BCUT2D eigenvalue weighted by Gasteiger charge is -2.26. The first-order chi connectivity index (χ1) is 9.17. The highest BCUT2D eigenvalue weighted by Gasteiger charge is 2.27. The van der Waals surface area contributed by atoms with E-state index in [1.54, 1.807) is 0 Å². The number of halogens is 1. The summed E-state index contributed by atoms with van der Waals surface area (Å²) in [5, 5.41) is 0.579. The molecule has 1 heterocycles. The Kier molecular flexibility index (Phi) is 5.03. The van der Waals surface area contributed by atoms with Gasteiger partial charge in [0.1, 0.15) is 16.8 Å². The average molecular weight is 282 g/mol. The standard InChI is InChI=1S/C15H24ClN3/c1-4-11(5-2)10-19(6-3)14-9-13(16)17-15(18-14)12-7-8-12/h9,11-12H,4-8,10H2,1-3H3. The van der Waals surface area contributed by atoms with Crippen molar-refractivity contribution >= 4 is 17.4 Å². The summed E-state index contributed by atoms with van der Waals surface area (Å²) in [7, 11) is 0. The number of hydrogen-bond donors (Lipinski definition) is 0. The van der Waals surface area contributed by atoms with Crippen molar-refractivity contribution in [2.75, 3.05) is 18.0 Å². The van der Waals surface area contributed by atoms with Gasteiger partial charge in [-0.15, -0.1) is 0 Å². The normalized spacial score (nSPS) is 15.0. The molecule has 0 amide bonds. The minimum atomic E-state index is 0.546. The number of rotatable bonds is 7. The van der Waals surface area contributed by atoms with Crippen LogP contribution in [0.1, 0.15) is 58.2 Å². The van der Waals surface area contributed by atoms with Crippen molar-refractivity contribution in [2.24, 2.45) is 5.92 Å². The molecule has 1 fully saturated rings. The number of anilines is 1. The largest absolute Gasteiger partial charge is 0.356 e. The molecule has 0 unspecified atom stereocenters. The third-order valence-electron chi connectivity index (χ3n) is 3.98. The lowest BCUT2D eigenvalue weighted by atomic mass is 10.0. The summed E-state index contributed by atoms with van der Waals surface area (Å²) in [6, 6.07) is 1.90. The lowest BCUT2D eigenvalue weighted by molar-refractivity contribution is 0.484. The molecule has 0 atom stereocenters. The zero-order chi connectivity index (χ0) is 13.8. The average Bonchev–Trinajstić information content (AvgIpc) is 3.24. The van der Waals surface area contributed by atoms with Crippen LogP contribution in [0.2, 0.25) is 5.15 Å². The van der Waals surface area contributed by atoms with Crippen LogP contribution in [0.25, 0.3) is 0 Å². The van der Waals surface area contributed by atoms with Gasteiger partial charge in [-0.2, -0.15) is 0 Å². The fourth-order valence-corrected chi connectivity index (χ4v) is 2.54. The zero-order valence-corrected chi connectivity index (χ0v) is 13.0. The van der Waals surface area contributed by atoms with Crippen LogP contribution in [-0.4, -0.2) is 23.1 Å². The summed E-state index contributed by atoms with van der Waals surface area (Å²) in [6.07, 6.45) is 4.83. The Morgan fingerprint density at radius 2 is 1.95 bits per heavy atom. The number of nitrogens with zero attached hydrogens (tertiary/aromatic N) is 3. The van der Waals surface area contributed by atoms with E-state index >= 15 is 0 Å². The van der Waals surface area contributed by atoms with Gasteiger partial charge in [0.05, 0.1) is 0 Å². The smallest absolute Gasteiger partial charge is 0.135 e. The van der Waals surface area contributed by atoms with E-state index in [1.807, 2.05) is 6.07 Å². The molecule has 4 heteroatoms. The van der Waals surface area contributed by atoms with Gasteiger partial charge in [-0.3, -0.25) is 0 Å². The van der Waals surface area contributed by atoms with Gasteiger partial charge < -0.3 is 4.90 Å². The van der Waals surface area contributed by atoms with Crippen molar-refractivity contribution in [2.45, 2.75) is 52.4 Å². The van der Waals surface area contributed by atoms with E-state index in [9.17, 15) is 0 Å². The summed E-state index contributed by atoms with van der Waals surface area (Å²) in [6.45, 7) is 8.71. The van der Waals surface area contributed by atoms with Crippen LogP contribution in [-0.2, 0) is 0 Å². The predicted molar refractivity (Wildman–Crippen MR) is 81.0 cm³/mol. The molecule has 1 aromatic rings. The molecular weight excluding hydrogens is 258 g/mol. The van der Waals surface area contributed by atoms with Crippen LogP contribution >= 0.6 is 11.6 Å². The van der Waals surface area contributed by atoms with Crippen LogP contribution in [0.3, 0.4) is 0 Å². The number of hydrogen-bond acceptors (Lipinski definition) is 3. The van der Waals surface area contributed by atoms with E-state index in [1.165, 1.54) is 25.7 Å². The highest BCUT2D eigenvalue weighted by atomic mass is 35.5. The molecule has 1 aliphatic carbocycles. The van der Waals surface area contributed by atoms with Crippen LogP contribution in [0, 0.1) is 5.92 Å². The van der Waals surface area contributed by atoms with E-state index < -0.39 is 0 Å². The fraction of sp³-hybridized carbons (Fsp3) is 0.733. The molecule has 0 radical (unpaired) electrons. The molecule has 0 bridgehead atoms. The monoisotopic (exact) mass is 281 g/mol. The van der Waals surface area contributed by atoms with Gasteiger partial charge in [-0.1, -0.05) is 38.3 Å². The molecule has 0 spiro atoms. The SMILES string of the molecule is CCC(CC)CN(CC)c1cc(Cl)nc(C2CC2)n1. The first-order valence-corrected chi connectivity index (χ1v) is 7.85. The molecule has 0 aromatic carbocycles. The van der Waals surface area contributed by atoms with Gasteiger partial charge in [0.25, 0.3) is 0 Å². The minimum Gasteiger partial charge on any atom is -0.356 e. The third kappa shape index (κ3) is 3.82. The highest BCUT2D eigenvalue weighted by molar-refractivity contribution is 6.29. The Hall–Kier alpha value is -0.830. The van der Waals surface area contributed by atoms with Gasteiger partial charge in [-0.05, 0) is 25.7 Å². The molecule has 2 rings (SSSR count). The van der Waals surface area contributed by atoms with Crippen molar-refractivity contribution < 1.29 is 0 Å². The van der Waals surface area contributed by atoms with Crippen LogP contribution in [0.5, 0.6) is 0 Å². The van der Waals surface area contributed by atoms with E-state index in [-0.39, 0.29) is 0 Å². The molecule has 106 valence electrons. The van der Waals surface area contributed by atoms with Gasteiger partial charge in [0.2, 0.25) is 0 Å². The summed E-state index contributed by atoms with van der Waals surface area (Å²) in [5.74, 6) is 3.20. The van der Waals surface area contributed by atoms with E-state index in [2.05, 4.69) is 30.7 Å². The second kappa shape index (κ2) is 6.56. The summed E-state index contributed by atoms with van der Waals surface area (Å²) < 4.78 is 0. The Bertz CT molecular complexity index is 414. The minimum absolute atomic E-state index is 0.546. The van der Waals surface area contributed by atoms with Gasteiger partial charge in [-0.25, -0.2) is 9.97 Å². The lowest BCUT2D eigenvalue weighted by Crippen LogP contribution is -2.30. The van der Waals surface area contributed by atoms with Crippen molar-refractivity contribution in [1.29, 1.82) is 0 Å². The fourth-order valence-electron chi connectivity index (χ4n) is 2.35. The first kappa shape index (κ1) is 14.6. The topological polar surface area (TPSA) is 29.0 Å². The second-order valence-electron chi connectivity index (χ2n) is 5.40.